The highest BCUT2D eigenvalue weighted by molar-refractivity contribution is 6.30. The Hall–Kier alpha value is -0.600. The summed E-state index contributed by atoms with van der Waals surface area (Å²) in [6.07, 6.45) is 2.76. The minimum absolute atomic E-state index is 0.00984. The van der Waals surface area contributed by atoms with Crippen LogP contribution in [0.4, 0.5) is 4.39 Å². The summed E-state index contributed by atoms with van der Waals surface area (Å²) in [6.45, 7) is 4.24. The molecule has 16 heavy (non-hydrogen) atoms. The molecule has 0 fully saturated rings. The van der Waals surface area contributed by atoms with Crippen LogP contribution < -0.4 is 5.73 Å². The van der Waals surface area contributed by atoms with Crippen LogP contribution in [0.1, 0.15) is 32.3 Å². The molecule has 1 aromatic rings. The number of halogens is 2. The van der Waals surface area contributed by atoms with Crippen molar-refractivity contribution in [2.45, 2.75) is 39.2 Å². The minimum atomic E-state index is -0.258. The van der Waals surface area contributed by atoms with Crippen molar-refractivity contribution in [3.8, 4) is 0 Å². The Bertz CT molecular complexity index is 341. The smallest absolute Gasteiger partial charge is 0.127 e. The molecular weight excluding hydrogens is 225 g/mol. The molecule has 0 spiro atoms. The van der Waals surface area contributed by atoms with Crippen LogP contribution in [0.2, 0.25) is 5.02 Å². The molecule has 0 aliphatic heterocycles. The Morgan fingerprint density at radius 3 is 2.69 bits per heavy atom. The van der Waals surface area contributed by atoms with Gasteiger partial charge in [0.15, 0.2) is 0 Å². The van der Waals surface area contributed by atoms with Gasteiger partial charge in [0, 0.05) is 11.1 Å². The fourth-order valence-electron chi connectivity index (χ4n) is 1.81. The van der Waals surface area contributed by atoms with Crippen LogP contribution in [0.15, 0.2) is 18.2 Å². The maximum Gasteiger partial charge on any atom is 0.127 e. The first-order valence-corrected chi connectivity index (χ1v) is 6.12. The van der Waals surface area contributed by atoms with E-state index in [1.54, 1.807) is 12.1 Å². The zero-order valence-corrected chi connectivity index (χ0v) is 10.6. The van der Waals surface area contributed by atoms with Crippen LogP contribution >= 0.6 is 11.6 Å². The molecule has 0 saturated heterocycles. The van der Waals surface area contributed by atoms with Crippen LogP contribution in [0.5, 0.6) is 0 Å². The number of rotatable bonds is 5. The Morgan fingerprint density at radius 2 is 2.12 bits per heavy atom. The topological polar surface area (TPSA) is 26.0 Å². The number of hydrogen-bond donors (Lipinski definition) is 1. The summed E-state index contributed by atoms with van der Waals surface area (Å²) in [5, 5.41) is 0.427. The van der Waals surface area contributed by atoms with Crippen LogP contribution in [0, 0.1) is 11.7 Å². The van der Waals surface area contributed by atoms with Crippen LogP contribution in [-0.2, 0) is 6.42 Å². The van der Waals surface area contributed by atoms with Gasteiger partial charge in [-0.1, -0.05) is 37.9 Å². The molecule has 2 N–H and O–H groups in total. The zero-order valence-electron chi connectivity index (χ0n) is 9.84. The van der Waals surface area contributed by atoms with E-state index in [1.165, 1.54) is 6.07 Å². The van der Waals surface area contributed by atoms with E-state index >= 15 is 0 Å². The number of hydrogen-bond acceptors (Lipinski definition) is 1. The lowest BCUT2D eigenvalue weighted by Gasteiger charge is -2.19. The third-order valence-electron chi connectivity index (χ3n) is 2.95. The van der Waals surface area contributed by atoms with Gasteiger partial charge in [-0.15, -0.1) is 0 Å². The second kappa shape index (κ2) is 6.21. The van der Waals surface area contributed by atoms with Crippen molar-refractivity contribution in [3.63, 3.8) is 0 Å². The molecule has 1 rings (SSSR count). The summed E-state index contributed by atoms with van der Waals surface area (Å²) >= 11 is 5.69. The molecule has 0 aromatic heterocycles. The lowest BCUT2D eigenvalue weighted by Crippen LogP contribution is -2.30. The van der Waals surface area contributed by atoms with Gasteiger partial charge >= 0.3 is 0 Å². The second-order valence-electron chi connectivity index (χ2n) is 4.37. The van der Waals surface area contributed by atoms with Gasteiger partial charge in [-0.25, -0.2) is 4.39 Å². The summed E-state index contributed by atoms with van der Waals surface area (Å²) in [6, 6.07) is 4.78. The first-order chi connectivity index (χ1) is 7.54. The first-order valence-electron chi connectivity index (χ1n) is 5.74. The van der Waals surface area contributed by atoms with Crippen LogP contribution in [-0.4, -0.2) is 6.04 Å². The van der Waals surface area contributed by atoms with Gasteiger partial charge in [-0.2, -0.15) is 0 Å². The highest BCUT2D eigenvalue weighted by atomic mass is 35.5. The molecule has 0 heterocycles. The summed E-state index contributed by atoms with van der Waals surface area (Å²) < 4.78 is 13.5. The van der Waals surface area contributed by atoms with Crippen molar-refractivity contribution in [2.24, 2.45) is 11.7 Å². The lowest BCUT2D eigenvalue weighted by molar-refractivity contribution is 0.415. The highest BCUT2D eigenvalue weighted by Crippen LogP contribution is 2.18. The van der Waals surface area contributed by atoms with Gasteiger partial charge in [0.05, 0.1) is 0 Å². The Balaban J connectivity index is 2.65. The molecule has 2 unspecified atom stereocenters. The number of benzene rings is 1. The SMILES string of the molecule is CCCC(C)C(N)Cc1ccc(Cl)cc1F. The molecule has 0 radical (unpaired) electrons. The fraction of sp³-hybridized carbons (Fsp3) is 0.538. The van der Waals surface area contributed by atoms with E-state index in [2.05, 4.69) is 13.8 Å². The van der Waals surface area contributed by atoms with Crippen molar-refractivity contribution >= 4 is 11.6 Å². The molecule has 1 aromatic carbocycles. The Kier molecular flexibility index (Phi) is 5.23. The third kappa shape index (κ3) is 3.76. The van der Waals surface area contributed by atoms with E-state index in [-0.39, 0.29) is 11.9 Å². The Labute approximate surface area is 102 Å². The van der Waals surface area contributed by atoms with Gasteiger partial charge in [0.2, 0.25) is 0 Å². The Morgan fingerprint density at radius 1 is 1.44 bits per heavy atom. The maximum atomic E-state index is 13.5. The predicted octanol–water partition coefficient (Wildman–Crippen LogP) is 3.79. The van der Waals surface area contributed by atoms with Gasteiger partial charge in [-0.3, -0.25) is 0 Å². The minimum Gasteiger partial charge on any atom is -0.327 e. The van der Waals surface area contributed by atoms with Crippen molar-refractivity contribution in [1.82, 2.24) is 0 Å². The molecule has 0 saturated carbocycles. The fourth-order valence-corrected chi connectivity index (χ4v) is 1.97. The normalized spacial score (nSPS) is 14.8. The van der Waals surface area contributed by atoms with Crippen LogP contribution in [0.3, 0.4) is 0 Å². The third-order valence-corrected chi connectivity index (χ3v) is 3.18. The highest BCUT2D eigenvalue weighted by Gasteiger charge is 2.14. The molecule has 1 nitrogen and oxygen atoms in total. The average molecular weight is 244 g/mol. The summed E-state index contributed by atoms with van der Waals surface area (Å²) in [5.41, 5.74) is 6.70. The standard InChI is InChI=1S/C13H19ClFN/c1-3-4-9(2)13(16)7-10-5-6-11(14)8-12(10)15/h5-6,8-9,13H,3-4,7,16H2,1-2H3. The van der Waals surface area contributed by atoms with Crippen LogP contribution in [0.25, 0.3) is 0 Å². The summed E-state index contributed by atoms with van der Waals surface area (Å²) in [7, 11) is 0. The number of nitrogens with two attached hydrogens (primary N) is 1. The van der Waals surface area contributed by atoms with Crippen molar-refractivity contribution in [2.75, 3.05) is 0 Å². The zero-order chi connectivity index (χ0) is 12.1. The maximum absolute atomic E-state index is 13.5. The van der Waals surface area contributed by atoms with E-state index in [0.29, 0.717) is 22.9 Å². The van der Waals surface area contributed by atoms with Gasteiger partial charge < -0.3 is 5.73 Å². The largest absolute Gasteiger partial charge is 0.327 e. The van der Waals surface area contributed by atoms with E-state index < -0.39 is 0 Å². The van der Waals surface area contributed by atoms with Crippen molar-refractivity contribution in [3.05, 3.63) is 34.6 Å². The molecule has 0 aliphatic carbocycles. The second-order valence-corrected chi connectivity index (χ2v) is 4.81. The molecule has 90 valence electrons. The quantitative estimate of drug-likeness (QED) is 0.837. The molecule has 3 heteroatoms. The van der Waals surface area contributed by atoms with Crippen molar-refractivity contribution < 1.29 is 4.39 Å². The molecule has 2 atom stereocenters. The predicted molar refractivity (Wildman–Crippen MR) is 67.2 cm³/mol. The molecular formula is C13H19ClFN. The van der Waals surface area contributed by atoms with E-state index in [1.807, 2.05) is 0 Å². The summed E-state index contributed by atoms with van der Waals surface area (Å²) in [5.74, 6) is 0.159. The molecule has 0 aliphatic rings. The average Bonchev–Trinajstić information content (AvgIpc) is 2.22. The molecule has 0 amide bonds. The van der Waals surface area contributed by atoms with Gasteiger partial charge in [0.25, 0.3) is 0 Å². The van der Waals surface area contributed by atoms with Gasteiger partial charge in [-0.05, 0) is 36.5 Å². The van der Waals surface area contributed by atoms with E-state index in [9.17, 15) is 4.39 Å². The van der Waals surface area contributed by atoms with Crippen molar-refractivity contribution in [1.29, 1.82) is 0 Å². The molecule has 0 bridgehead atoms. The monoisotopic (exact) mass is 243 g/mol. The lowest BCUT2D eigenvalue weighted by atomic mass is 9.92. The van der Waals surface area contributed by atoms with Gasteiger partial charge in [0.1, 0.15) is 5.82 Å². The first kappa shape index (κ1) is 13.5. The van der Waals surface area contributed by atoms with E-state index in [4.69, 9.17) is 17.3 Å². The van der Waals surface area contributed by atoms with E-state index in [0.717, 1.165) is 12.8 Å². The summed E-state index contributed by atoms with van der Waals surface area (Å²) in [4.78, 5) is 0.